The molecule has 3 N–H and O–H groups in total. The number of benzene rings is 1. The fourth-order valence-electron chi connectivity index (χ4n) is 1.93. The highest BCUT2D eigenvalue weighted by Crippen LogP contribution is 2.12. The molecule has 5 heteroatoms. The number of hydrogen-bond donors (Lipinski definition) is 2. The van der Waals surface area contributed by atoms with Gasteiger partial charge in [-0.05, 0) is 37.7 Å². The van der Waals surface area contributed by atoms with Crippen LogP contribution in [0.3, 0.4) is 0 Å². The van der Waals surface area contributed by atoms with Gasteiger partial charge in [0.2, 0.25) is 0 Å². The highest BCUT2D eigenvalue weighted by Gasteiger charge is 2.07. The minimum Gasteiger partial charge on any atom is -0.492 e. The van der Waals surface area contributed by atoms with Gasteiger partial charge in [0.1, 0.15) is 12.4 Å². The van der Waals surface area contributed by atoms with E-state index in [0.29, 0.717) is 26.3 Å². The highest BCUT2D eigenvalue weighted by atomic mass is 16.5. The van der Waals surface area contributed by atoms with E-state index in [1.165, 1.54) is 5.56 Å². The number of hydrogen-bond acceptors (Lipinski definition) is 5. The van der Waals surface area contributed by atoms with Gasteiger partial charge in [0, 0.05) is 20.2 Å². The first-order valence-electron chi connectivity index (χ1n) is 6.93. The molecule has 0 aliphatic rings. The molecule has 0 spiro atoms. The van der Waals surface area contributed by atoms with Gasteiger partial charge in [0.15, 0.2) is 0 Å². The molecule has 0 heterocycles. The maximum absolute atomic E-state index is 9.60. The van der Waals surface area contributed by atoms with Crippen LogP contribution in [-0.4, -0.2) is 63.1 Å². The summed E-state index contributed by atoms with van der Waals surface area (Å²) in [5, 5.41) is 9.60. The predicted octanol–water partition coefficient (Wildman–Crippen LogP) is 0.506. The molecule has 0 aliphatic heterocycles. The lowest BCUT2D eigenvalue weighted by Gasteiger charge is -2.20. The number of nitrogens with two attached hydrogens (primary N) is 1. The number of rotatable bonds is 10. The predicted molar refractivity (Wildman–Crippen MR) is 80.1 cm³/mol. The summed E-state index contributed by atoms with van der Waals surface area (Å²) in [6, 6.07) is 8.00. The Kier molecular flexibility index (Phi) is 8.22. The van der Waals surface area contributed by atoms with E-state index in [1.807, 2.05) is 36.2 Å². The molecule has 0 saturated heterocycles. The second-order valence-corrected chi connectivity index (χ2v) is 4.90. The molecular weight excluding hydrogens is 256 g/mol. The van der Waals surface area contributed by atoms with Crippen molar-refractivity contribution in [3.8, 4) is 5.75 Å². The van der Waals surface area contributed by atoms with Gasteiger partial charge < -0.3 is 25.2 Å². The Balaban J connectivity index is 2.22. The van der Waals surface area contributed by atoms with Gasteiger partial charge in [0.25, 0.3) is 0 Å². The van der Waals surface area contributed by atoms with Crippen molar-refractivity contribution in [2.75, 3.05) is 47.0 Å². The number of methoxy groups -OCH3 is 1. The molecule has 0 aromatic heterocycles. The van der Waals surface area contributed by atoms with Crippen molar-refractivity contribution >= 4 is 0 Å². The second kappa shape index (κ2) is 9.72. The Morgan fingerprint density at radius 3 is 2.60 bits per heavy atom. The van der Waals surface area contributed by atoms with E-state index in [4.69, 9.17) is 15.2 Å². The summed E-state index contributed by atoms with van der Waals surface area (Å²) in [4.78, 5) is 2.02. The Labute approximate surface area is 121 Å². The zero-order valence-corrected chi connectivity index (χ0v) is 12.4. The van der Waals surface area contributed by atoms with E-state index >= 15 is 0 Å². The molecule has 0 radical (unpaired) electrons. The highest BCUT2D eigenvalue weighted by molar-refractivity contribution is 5.27. The minimum atomic E-state index is -0.458. The Morgan fingerprint density at radius 2 is 2.00 bits per heavy atom. The first kappa shape index (κ1) is 16.9. The van der Waals surface area contributed by atoms with Crippen LogP contribution in [0.15, 0.2) is 24.3 Å². The monoisotopic (exact) mass is 282 g/mol. The van der Waals surface area contributed by atoms with Crippen LogP contribution in [0.2, 0.25) is 0 Å². The van der Waals surface area contributed by atoms with Gasteiger partial charge >= 0.3 is 0 Å². The summed E-state index contributed by atoms with van der Waals surface area (Å²) in [7, 11) is 3.53. The van der Waals surface area contributed by atoms with Crippen molar-refractivity contribution in [3.05, 3.63) is 29.8 Å². The van der Waals surface area contributed by atoms with Crippen molar-refractivity contribution in [2.24, 2.45) is 5.73 Å². The molecule has 1 unspecified atom stereocenters. The number of nitrogens with zero attached hydrogens (tertiary/aromatic N) is 1. The molecule has 0 bridgehead atoms. The summed E-state index contributed by atoms with van der Waals surface area (Å²) in [5.41, 5.74) is 6.73. The Bertz CT molecular complexity index is 357. The summed E-state index contributed by atoms with van der Waals surface area (Å²) in [5.74, 6) is 0.858. The van der Waals surface area contributed by atoms with Crippen LogP contribution in [0.5, 0.6) is 5.75 Å². The molecule has 20 heavy (non-hydrogen) atoms. The normalized spacial score (nSPS) is 12.7. The Hall–Kier alpha value is -1.14. The van der Waals surface area contributed by atoms with Crippen LogP contribution < -0.4 is 10.5 Å². The third-order valence-corrected chi connectivity index (χ3v) is 2.98. The van der Waals surface area contributed by atoms with Crippen LogP contribution in [-0.2, 0) is 11.2 Å². The van der Waals surface area contributed by atoms with Crippen LogP contribution in [0.25, 0.3) is 0 Å². The van der Waals surface area contributed by atoms with Crippen molar-refractivity contribution in [3.63, 3.8) is 0 Å². The average molecular weight is 282 g/mol. The number of aliphatic hydroxyl groups is 1. The van der Waals surface area contributed by atoms with Crippen molar-refractivity contribution in [2.45, 2.75) is 12.5 Å². The third kappa shape index (κ3) is 6.86. The molecule has 5 nitrogen and oxygen atoms in total. The van der Waals surface area contributed by atoms with Crippen molar-refractivity contribution in [1.82, 2.24) is 4.90 Å². The average Bonchev–Trinajstić information content (AvgIpc) is 2.41. The topological polar surface area (TPSA) is 68.0 Å². The van der Waals surface area contributed by atoms with E-state index in [1.54, 1.807) is 7.11 Å². The quantitative estimate of drug-likeness (QED) is 0.654. The molecular formula is C15H26N2O3. The SMILES string of the molecule is COCC(O)CN(C)CCOc1ccc(CCN)cc1. The molecule has 0 fully saturated rings. The first-order chi connectivity index (χ1) is 9.65. The first-order valence-corrected chi connectivity index (χ1v) is 6.93. The van der Waals surface area contributed by atoms with E-state index < -0.39 is 6.10 Å². The van der Waals surface area contributed by atoms with Gasteiger partial charge in [0.05, 0.1) is 12.7 Å². The van der Waals surface area contributed by atoms with Crippen LogP contribution in [0, 0.1) is 0 Å². The maximum atomic E-state index is 9.60. The molecule has 0 amide bonds. The van der Waals surface area contributed by atoms with Gasteiger partial charge in [-0.1, -0.05) is 12.1 Å². The fourth-order valence-corrected chi connectivity index (χ4v) is 1.93. The van der Waals surface area contributed by atoms with Gasteiger partial charge in [-0.15, -0.1) is 0 Å². The molecule has 0 aliphatic carbocycles. The number of likely N-dealkylation sites (N-methyl/N-ethyl adjacent to an activating group) is 1. The molecule has 1 rings (SSSR count). The fraction of sp³-hybridized carbons (Fsp3) is 0.600. The van der Waals surface area contributed by atoms with Crippen LogP contribution in [0.1, 0.15) is 5.56 Å². The van der Waals surface area contributed by atoms with Crippen LogP contribution >= 0.6 is 0 Å². The van der Waals surface area contributed by atoms with E-state index in [2.05, 4.69) is 0 Å². The zero-order chi connectivity index (χ0) is 14.8. The third-order valence-electron chi connectivity index (χ3n) is 2.98. The molecule has 0 saturated carbocycles. The summed E-state index contributed by atoms with van der Waals surface area (Å²) < 4.78 is 10.6. The van der Waals surface area contributed by atoms with Gasteiger partial charge in [-0.25, -0.2) is 0 Å². The number of aliphatic hydroxyl groups excluding tert-OH is 1. The largest absolute Gasteiger partial charge is 0.492 e. The maximum Gasteiger partial charge on any atom is 0.119 e. The van der Waals surface area contributed by atoms with Gasteiger partial charge in [-0.2, -0.15) is 0 Å². The van der Waals surface area contributed by atoms with E-state index in [0.717, 1.165) is 18.7 Å². The van der Waals surface area contributed by atoms with Crippen LogP contribution in [0.4, 0.5) is 0 Å². The summed E-state index contributed by atoms with van der Waals surface area (Å²) in [6.45, 7) is 2.94. The van der Waals surface area contributed by atoms with E-state index in [-0.39, 0.29) is 0 Å². The lowest BCUT2D eigenvalue weighted by molar-refractivity contribution is 0.0410. The van der Waals surface area contributed by atoms with Crippen molar-refractivity contribution < 1.29 is 14.6 Å². The molecule has 114 valence electrons. The molecule has 1 aromatic carbocycles. The zero-order valence-electron chi connectivity index (χ0n) is 12.4. The van der Waals surface area contributed by atoms with Gasteiger partial charge in [-0.3, -0.25) is 0 Å². The minimum absolute atomic E-state index is 0.355. The standard InChI is InChI=1S/C15H26N2O3/c1-17(11-14(18)12-19-2)9-10-20-15-5-3-13(4-6-15)7-8-16/h3-6,14,18H,7-12,16H2,1-2H3. The second-order valence-electron chi connectivity index (χ2n) is 4.90. The Morgan fingerprint density at radius 1 is 1.30 bits per heavy atom. The van der Waals surface area contributed by atoms with Crippen molar-refractivity contribution in [1.29, 1.82) is 0 Å². The summed E-state index contributed by atoms with van der Waals surface area (Å²) in [6.07, 6.45) is 0.431. The number of ether oxygens (including phenoxy) is 2. The summed E-state index contributed by atoms with van der Waals surface area (Å²) >= 11 is 0. The van der Waals surface area contributed by atoms with E-state index in [9.17, 15) is 5.11 Å². The molecule has 1 aromatic rings. The smallest absolute Gasteiger partial charge is 0.119 e. The lowest BCUT2D eigenvalue weighted by Crippen LogP contribution is -2.34. The lowest BCUT2D eigenvalue weighted by atomic mass is 10.1. The molecule has 1 atom stereocenters.